The van der Waals surface area contributed by atoms with Crippen LogP contribution in [-0.2, 0) is 6.42 Å². The van der Waals surface area contributed by atoms with Crippen LogP contribution in [0.3, 0.4) is 0 Å². The molecule has 2 nitrogen and oxygen atoms in total. The highest BCUT2D eigenvalue weighted by molar-refractivity contribution is 5.26. The van der Waals surface area contributed by atoms with Crippen LogP contribution in [0.4, 0.5) is 0 Å². The number of H-pyrrole nitrogens is 1. The minimum absolute atomic E-state index is 0.909. The number of aromatic nitrogens is 2. The molecule has 14 heavy (non-hydrogen) atoms. The molecule has 0 bridgehead atoms. The van der Waals surface area contributed by atoms with Crippen molar-refractivity contribution in [1.29, 1.82) is 0 Å². The van der Waals surface area contributed by atoms with Crippen molar-refractivity contribution in [1.82, 2.24) is 10.2 Å². The van der Waals surface area contributed by atoms with Gasteiger partial charge in [-0.05, 0) is 25.5 Å². The zero-order valence-corrected chi connectivity index (χ0v) is 8.54. The van der Waals surface area contributed by atoms with Crippen molar-refractivity contribution >= 4 is 0 Å². The highest BCUT2D eigenvalue weighted by Crippen LogP contribution is 2.09. The number of hydrogen-bond acceptors (Lipinski definition) is 1. The quantitative estimate of drug-likeness (QED) is 0.767. The summed E-state index contributed by atoms with van der Waals surface area (Å²) < 4.78 is 0. The lowest BCUT2D eigenvalue weighted by Crippen LogP contribution is -1.88. The lowest BCUT2D eigenvalue weighted by Gasteiger charge is -1.98. The number of hydrogen-bond donors (Lipinski definition) is 1. The predicted octanol–water partition coefficient (Wildman–Crippen LogP) is 2.62. The molecule has 72 valence electrons. The molecule has 0 saturated carbocycles. The highest BCUT2D eigenvalue weighted by atomic mass is 15.1. The SMILES string of the molecule is Cc1cccc(Cc2cc(C)[nH]n2)c1. The zero-order chi connectivity index (χ0) is 9.97. The van der Waals surface area contributed by atoms with Gasteiger partial charge < -0.3 is 0 Å². The second-order valence-electron chi connectivity index (χ2n) is 3.71. The lowest BCUT2D eigenvalue weighted by atomic mass is 10.1. The third-order valence-electron chi connectivity index (χ3n) is 2.23. The largest absolute Gasteiger partial charge is 0.283 e. The van der Waals surface area contributed by atoms with Gasteiger partial charge in [-0.1, -0.05) is 29.8 Å². The van der Waals surface area contributed by atoms with Crippen LogP contribution in [0.2, 0.25) is 0 Å². The number of aryl methyl sites for hydroxylation is 2. The number of aromatic amines is 1. The van der Waals surface area contributed by atoms with E-state index < -0.39 is 0 Å². The van der Waals surface area contributed by atoms with Crippen LogP contribution in [0.15, 0.2) is 30.3 Å². The Morgan fingerprint density at radius 3 is 2.71 bits per heavy atom. The van der Waals surface area contributed by atoms with E-state index in [2.05, 4.69) is 47.5 Å². The number of rotatable bonds is 2. The van der Waals surface area contributed by atoms with Gasteiger partial charge in [-0.3, -0.25) is 5.10 Å². The topological polar surface area (TPSA) is 28.7 Å². The van der Waals surface area contributed by atoms with Crippen molar-refractivity contribution in [3.8, 4) is 0 Å². The Kier molecular flexibility index (Phi) is 2.35. The van der Waals surface area contributed by atoms with E-state index in [4.69, 9.17) is 0 Å². The van der Waals surface area contributed by atoms with Gasteiger partial charge in [0.05, 0.1) is 5.69 Å². The van der Waals surface area contributed by atoms with E-state index >= 15 is 0 Å². The Hall–Kier alpha value is -1.57. The van der Waals surface area contributed by atoms with Crippen LogP contribution >= 0.6 is 0 Å². The van der Waals surface area contributed by atoms with Crippen LogP contribution < -0.4 is 0 Å². The van der Waals surface area contributed by atoms with Crippen molar-refractivity contribution in [3.63, 3.8) is 0 Å². The molecule has 2 rings (SSSR count). The van der Waals surface area contributed by atoms with Crippen molar-refractivity contribution in [2.75, 3.05) is 0 Å². The Bertz CT molecular complexity index is 429. The Balaban J connectivity index is 2.18. The Morgan fingerprint density at radius 1 is 1.21 bits per heavy atom. The second kappa shape index (κ2) is 3.66. The maximum atomic E-state index is 4.22. The molecule has 1 N–H and O–H groups in total. The molecule has 0 saturated heterocycles. The second-order valence-corrected chi connectivity index (χ2v) is 3.71. The first kappa shape index (κ1) is 9.00. The first-order valence-electron chi connectivity index (χ1n) is 4.80. The summed E-state index contributed by atoms with van der Waals surface area (Å²) in [6.45, 7) is 4.13. The van der Waals surface area contributed by atoms with Crippen molar-refractivity contribution in [3.05, 3.63) is 52.8 Å². The Labute approximate surface area is 84.0 Å². The molecule has 1 aromatic heterocycles. The van der Waals surface area contributed by atoms with Gasteiger partial charge in [0.1, 0.15) is 0 Å². The summed E-state index contributed by atoms with van der Waals surface area (Å²) >= 11 is 0. The van der Waals surface area contributed by atoms with Gasteiger partial charge in [0, 0.05) is 12.1 Å². The molecule has 0 aliphatic rings. The summed E-state index contributed by atoms with van der Waals surface area (Å²) in [7, 11) is 0. The van der Waals surface area contributed by atoms with Crippen LogP contribution in [0.25, 0.3) is 0 Å². The normalized spacial score (nSPS) is 10.4. The van der Waals surface area contributed by atoms with Crippen molar-refractivity contribution < 1.29 is 0 Å². The van der Waals surface area contributed by atoms with E-state index in [9.17, 15) is 0 Å². The molecular formula is C12H14N2. The molecular weight excluding hydrogens is 172 g/mol. The summed E-state index contributed by atoms with van der Waals surface area (Å²) in [5, 5.41) is 7.17. The van der Waals surface area contributed by atoms with Gasteiger partial charge in [0.15, 0.2) is 0 Å². The van der Waals surface area contributed by atoms with Crippen LogP contribution in [0.1, 0.15) is 22.5 Å². The maximum absolute atomic E-state index is 4.22. The number of nitrogens with one attached hydrogen (secondary N) is 1. The summed E-state index contributed by atoms with van der Waals surface area (Å²) in [5.74, 6) is 0. The summed E-state index contributed by atoms with van der Waals surface area (Å²) in [6.07, 6.45) is 0.909. The fourth-order valence-corrected chi connectivity index (χ4v) is 1.60. The molecule has 1 heterocycles. The van der Waals surface area contributed by atoms with E-state index in [1.54, 1.807) is 0 Å². The monoisotopic (exact) mass is 186 g/mol. The minimum atomic E-state index is 0.909. The Morgan fingerprint density at radius 2 is 2.07 bits per heavy atom. The predicted molar refractivity (Wildman–Crippen MR) is 57.3 cm³/mol. The van der Waals surface area contributed by atoms with Gasteiger partial charge in [-0.15, -0.1) is 0 Å². The molecule has 0 radical (unpaired) electrons. The fraction of sp³-hybridized carbons (Fsp3) is 0.250. The third kappa shape index (κ3) is 2.02. The fourth-order valence-electron chi connectivity index (χ4n) is 1.60. The molecule has 2 aromatic rings. The van der Waals surface area contributed by atoms with E-state index in [1.165, 1.54) is 11.1 Å². The molecule has 0 aliphatic carbocycles. The molecule has 0 amide bonds. The van der Waals surface area contributed by atoms with Crippen LogP contribution in [0, 0.1) is 13.8 Å². The standard InChI is InChI=1S/C12H14N2/c1-9-4-3-5-11(6-9)8-12-7-10(2)13-14-12/h3-7H,8H2,1-2H3,(H,13,14). The van der Waals surface area contributed by atoms with E-state index in [0.717, 1.165) is 17.8 Å². The molecule has 2 heteroatoms. The van der Waals surface area contributed by atoms with E-state index in [-0.39, 0.29) is 0 Å². The molecule has 0 spiro atoms. The molecule has 0 atom stereocenters. The van der Waals surface area contributed by atoms with E-state index in [1.807, 2.05) is 6.92 Å². The number of benzene rings is 1. The van der Waals surface area contributed by atoms with Gasteiger partial charge in [-0.25, -0.2) is 0 Å². The highest BCUT2D eigenvalue weighted by Gasteiger charge is 1.99. The van der Waals surface area contributed by atoms with Gasteiger partial charge in [0.25, 0.3) is 0 Å². The average molecular weight is 186 g/mol. The first-order valence-corrected chi connectivity index (χ1v) is 4.80. The van der Waals surface area contributed by atoms with Crippen LogP contribution in [-0.4, -0.2) is 10.2 Å². The van der Waals surface area contributed by atoms with Gasteiger partial charge >= 0.3 is 0 Å². The third-order valence-corrected chi connectivity index (χ3v) is 2.23. The number of nitrogens with zero attached hydrogens (tertiary/aromatic N) is 1. The molecule has 0 unspecified atom stereocenters. The zero-order valence-electron chi connectivity index (χ0n) is 8.54. The summed E-state index contributed by atoms with van der Waals surface area (Å²) in [5.41, 5.74) is 4.84. The van der Waals surface area contributed by atoms with Crippen molar-refractivity contribution in [2.45, 2.75) is 20.3 Å². The van der Waals surface area contributed by atoms with Crippen molar-refractivity contribution in [2.24, 2.45) is 0 Å². The minimum Gasteiger partial charge on any atom is -0.283 e. The molecule has 0 aliphatic heterocycles. The van der Waals surface area contributed by atoms with Gasteiger partial charge in [-0.2, -0.15) is 5.10 Å². The van der Waals surface area contributed by atoms with Gasteiger partial charge in [0.2, 0.25) is 0 Å². The molecule has 1 aromatic carbocycles. The van der Waals surface area contributed by atoms with E-state index in [0.29, 0.717) is 0 Å². The first-order chi connectivity index (χ1) is 6.74. The maximum Gasteiger partial charge on any atom is 0.0668 e. The summed E-state index contributed by atoms with van der Waals surface area (Å²) in [4.78, 5) is 0. The smallest absolute Gasteiger partial charge is 0.0668 e. The lowest BCUT2D eigenvalue weighted by molar-refractivity contribution is 0.979. The summed E-state index contributed by atoms with van der Waals surface area (Å²) in [6, 6.07) is 10.6. The average Bonchev–Trinajstić information content (AvgIpc) is 2.51. The molecule has 0 fully saturated rings. The van der Waals surface area contributed by atoms with Crippen LogP contribution in [0.5, 0.6) is 0 Å².